The van der Waals surface area contributed by atoms with Crippen molar-refractivity contribution < 1.29 is 14.0 Å². The minimum Gasteiger partial charge on any atom is -0.520 e. The standard InChI is InChI=1S/C9H18O3Si/c1-5-8(10)6-7-9(11)12-13(2,3)4/h5-7H2,1-4H3. The third-order valence-corrected chi connectivity index (χ3v) is 2.26. The van der Waals surface area contributed by atoms with Gasteiger partial charge in [-0.2, -0.15) is 0 Å². The molecule has 0 amide bonds. The fourth-order valence-corrected chi connectivity index (χ4v) is 1.60. The van der Waals surface area contributed by atoms with Gasteiger partial charge < -0.3 is 4.43 Å². The van der Waals surface area contributed by atoms with Crippen LogP contribution in [-0.2, 0) is 14.0 Å². The lowest BCUT2D eigenvalue weighted by Crippen LogP contribution is -2.29. The second-order valence-electron chi connectivity index (χ2n) is 3.98. The van der Waals surface area contributed by atoms with Crippen LogP contribution in [0, 0.1) is 0 Å². The van der Waals surface area contributed by atoms with E-state index < -0.39 is 8.32 Å². The van der Waals surface area contributed by atoms with Crippen LogP contribution in [0.3, 0.4) is 0 Å². The molecule has 0 bridgehead atoms. The van der Waals surface area contributed by atoms with E-state index in [9.17, 15) is 9.59 Å². The van der Waals surface area contributed by atoms with Crippen molar-refractivity contribution in [2.45, 2.75) is 45.8 Å². The molecule has 0 rings (SSSR count). The number of carbonyl (C=O) groups excluding carboxylic acids is 2. The molecule has 0 spiro atoms. The molecule has 76 valence electrons. The largest absolute Gasteiger partial charge is 0.520 e. The van der Waals surface area contributed by atoms with E-state index in [0.29, 0.717) is 12.8 Å². The molecule has 0 atom stereocenters. The van der Waals surface area contributed by atoms with E-state index in [4.69, 9.17) is 4.43 Å². The number of carbonyl (C=O) groups is 2. The highest BCUT2D eigenvalue weighted by Gasteiger charge is 2.19. The summed E-state index contributed by atoms with van der Waals surface area (Å²) in [5.74, 6) is -0.117. The molecule has 0 heterocycles. The maximum atomic E-state index is 11.1. The average molecular weight is 202 g/mol. The molecule has 0 aliphatic heterocycles. The summed E-state index contributed by atoms with van der Waals surface area (Å²) in [6.07, 6.45) is 1.05. The van der Waals surface area contributed by atoms with Gasteiger partial charge in [0.2, 0.25) is 8.32 Å². The minimum absolute atomic E-state index is 0.118. The van der Waals surface area contributed by atoms with Crippen molar-refractivity contribution in [2.75, 3.05) is 0 Å². The van der Waals surface area contributed by atoms with Gasteiger partial charge in [-0.15, -0.1) is 0 Å². The van der Waals surface area contributed by atoms with Crippen molar-refractivity contribution in [3.8, 4) is 0 Å². The van der Waals surface area contributed by atoms with Crippen LogP contribution in [-0.4, -0.2) is 20.1 Å². The molecule has 0 aliphatic carbocycles. The third-order valence-electron chi connectivity index (χ3n) is 1.42. The van der Waals surface area contributed by atoms with Crippen molar-refractivity contribution in [3.05, 3.63) is 0 Å². The van der Waals surface area contributed by atoms with Gasteiger partial charge in [0.25, 0.3) is 5.97 Å². The quantitative estimate of drug-likeness (QED) is 0.641. The average Bonchev–Trinajstić information content (AvgIpc) is 1.97. The van der Waals surface area contributed by atoms with Gasteiger partial charge in [-0.05, 0) is 19.6 Å². The summed E-state index contributed by atoms with van der Waals surface area (Å²) < 4.78 is 5.18. The lowest BCUT2D eigenvalue weighted by molar-refractivity contribution is -0.136. The van der Waals surface area contributed by atoms with E-state index in [1.165, 1.54) is 0 Å². The van der Waals surface area contributed by atoms with Crippen molar-refractivity contribution in [3.63, 3.8) is 0 Å². The van der Waals surface area contributed by atoms with Crippen molar-refractivity contribution in [1.29, 1.82) is 0 Å². The van der Waals surface area contributed by atoms with Crippen LogP contribution in [0.1, 0.15) is 26.2 Å². The van der Waals surface area contributed by atoms with E-state index in [0.717, 1.165) is 0 Å². The fraction of sp³-hybridized carbons (Fsp3) is 0.778. The molecule has 0 fully saturated rings. The summed E-state index contributed by atoms with van der Waals surface area (Å²) in [4.78, 5) is 22.0. The molecule has 0 aromatic rings. The molecule has 3 nitrogen and oxygen atoms in total. The number of hydrogen-bond donors (Lipinski definition) is 0. The van der Waals surface area contributed by atoms with Crippen LogP contribution in [0.4, 0.5) is 0 Å². The normalized spacial score (nSPS) is 11.1. The van der Waals surface area contributed by atoms with Crippen molar-refractivity contribution in [1.82, 2.24) is 0 Å². The topological polar surface area (TPSA) is 43.4 Å². The van der Waals surface area contributed by atoms with E-state index in [1.54, 1.807) is 6.92 Å². The third kappa shape index (κ3) is 7.71. The fourth-order valence-electron chi connectivity index (χ4n) is 0.811. The van der Waals surface area contributed by atoms with Gasteiger partial charge in [-0.1, -0.05) is 6.92 Å². The summed E-state index contributed by atoms with van der Waals surface area (Å²) in [7, 11) is -1.76. The Balaban J connectivity index is 3.71. The highest BCUT2D eigenvalue weighted by atomic mass is 28.4. The Morgan fingerprint density at radius 2 is 1.69 bits per heavy atom. The molecule has 0 radical (unpaired) electrons. The zero-order valence-electron chi connectivity index (χ0n) is 8.85. The zero-order chi connectivity index (χ0) is 10.5. The molecule has 0 unspecified atom stereocenters. The second-order valence-corrected chi connectivity index (χ2v) is 8.41. The molecule has 0 aliphatic rings. The van der Waals surface area contributed by atoms with Gasteiger partial charge in [0.05, 0.1) is 6.42 Å². The van der Waals surface area contributed by atoms with Crippen LogP contribution in [0.15, 0.2) is 0 Å². The molecule has 0 saturated carbocycles. The maximum Gasteiger partial charge on any atom is 0.292 e. The first kappa shape index (κ1) is 12.4. The molecule has 0 aromatic heterocycles. The summed E-state index contributed by atoms with van der Waals surface area (Å²) in [6, 6.07) is 0. The van der Waals surface area contributed by atoms with Gasteiger partial charge in [0, 0.05) is 12.8 Å². The first-order valence-electron chi connectivity index (χ1n) is 4.58. The molecule has 0 saturated heterocycles. The van der Waals surface area contributed by atoms with Gasteiger partial charge >= 0.3 is 0 Å². The van der Waals surface area contributed by atoms with Gasteiger partial charge in [-0.3, -0.25) is 9.59 Å². The highest BCUT2D eigenvalue weighted by molar-refractivity contribution is 6.71. The molecule has 0 aromatic carbocycles. The summed E-state index contributed by atoms with van der Waals surface area (Å²) in [5.41, 5.74) is 0. The minimum atomic E-state index is -1.76. The molecular weight excluding hydrogens is 184 g/mol. The first-order valence-corrected chi connectivity index (χ1v) is 7.99. The maximum absolute atomic E-state index is 11.1. The predicted octanol–water partition coefficient (Wildman–Crippen LogP) is 2.12. The van der Waals surface area contributed by atoms with Gasteiger partial charge in [0.1, 0.15) is 5.78 Å². The summed E-state index contributed by atoms with van der Waals surface area (Å²) >= 11 is 0. The lowest BCUT2D eigenvalue weighted by atomic mass is 10.2. The van der Waals surface area contributed by atoms with E-state index in [1.807, 2.05) is 19.6 Å². The summed E-state index contributed by atoms with van der Waals surface area (Å²) in [6.45, 7) is 7.65. The van der Waals surface area contributed by atoms with E-state index in [2.05, 4.69) is 0 Å². The van der Waals surface area contributed by atoms with Gasteiger partial charge in [-0.25, -0.2) is 0 Å². The molecular formula is C9H18O3Si. The lowest BCUT2D eigenvalue weighted by Gasteiger charge is -2.16. The highest BCUT2D eigenvalue weighted by Crippen LogP contribution is 2.06. The SMILES string of the molecule is CCC(=O)CCC(=O)O[Si](C)(C)C. The molecule has 13 heavy (non-hydrogen) atoms. The predicted molar refractivity (Wildman–Crippen MR) is 54.0 cm³/mol. The van der Waals surface area contributed by atoms with E-state index >= 15 is 0 Å². The zero-order valence-corrected chi connectivity index (χ0v) is 9.85. The number of hydrogen-bond acceptors (Lipinski definition) is 3. The number of rotatable bonds is 5. The van der Waals surface area contributed by atoms with E-state index in [-0.39, 0.29) is 18.2 Å². The Labute approximate surface area is 80.6 Å². The van der Waals surface area contributed by atoms with Crippen molar-refractivity contribution in [2.24, 2.45) is 0 Å². The van der Waals surface area contributed by atoms with Crippen LogP contribution in [0.5, 0.6) is 0 Å². The smallest absolute Gasteiger partial charge is 0.292 e. The number of ketones is 1. The summed E-state index contributed by atoms with van der Waals surface area (Å²) in [5, 5.41) is 0. The number of Topliss-reactive ketones (excluding diaryl/α,β-unsaturated/α-hetero) is 1. The Morgan fingerprint density at radius 3 is 2.08 bits per heavy atom. The first-order chi connectivity index (χ1) is 5.85. The Kier molecular flexibility index (Phi) is 4.91. The van der Waals surface area contributed by atoms with Crippen LogP contribution < -0.4 is 0 Å². The van der Waals surface area contributed by atoms with Crippen molar-refractivity contribution >= 4 is 20.1 Å². The Morgan fingerprint density at radius 1 is 1.15 bits per heavy atom. The Hall–Kier alpha value is -0.643. The monoisotopic (exact) mass is 202 g/mol. The van der Waals surface area contributed by atoms with Crippen LogP contribution in [0.2, 0.25) is 19.6 Å². The van der Waals surface area contributed by atoms with Crippen LogP contribution >= 0.6 is 0 Å². The Bertz CT molecular complexity index is 194. The molecule has 0 N–H and O–H groups in total. The van der Waals surface area contributed by atoms with Crippen LogP contribution in [0.25, 0.3) is 0 Å². The second kappa shape index (κ2) is 5.17. The van der Waals surface area contributed by atoms with Gasteiger partial charge in [0.15, 0.2) is 0 Å². The molecule has 4 heteroatoms.